The Kier molecular flexibility index (Phi) is 4.18. The molecule has 1 heterocycles. The second-order valence-electron chi connectivity index (χ2n) is 7.87. The van der Waals surface area contributed by atoms with Gasteiger partial charge in [0.05, 0.1) is 11.0 Å². The third-order valence-corrected chi connectivity index (χ3v) is 6.60. The Bertz CT molecular complexity index is 1580. The fourth-order valence-electron chi connectivity index (χ4n) is 4.56. The van der Waals surface area contributed by atoms with E-state index in [9.17, 15) is 0 Å². The molecule has 0 atom stereocenters. The first-order chi connectivity index (χ1) is 15.2. The zero-order valence-corrected chi connectivity index (χ0v) is 18.6. The van der Waals surface area contributed by atoms with Crippen LogP contribution in [0.25, 0.3) is 55.1 Å². The average Bonchev–Trinajstić information content (AvgIpc) is 3.17. The standard InChI is InChI=1S/C28H19BrN2/c1-31-27-25-9-5-3-7-23(25)22-6-2-4-8-24(22)26(27)30-28(31)20-12-10-18(11-13-20)19-14-16-21(29)17-15-19/h2-17H,1H3. The van der Waals surface area contributed by atoms with E-state index >= 15 is 0 Å². The first-order valence-electron chi connectivity index (χ1n) is 10.3. The van der Waals surface area contributed by atoms with Crippen molar-refractivity contribution in [2.75, 3.05) is 0 Å². The SMILES string of the molecule is Cn1c(-c2ccc(-c3ccc(Br)cc3)cc2)nc2c3ccccc3c3ccccc3c21. The van der Waals surface area contributed by atoms with Crippen molar-refractivity contribution in [3.63, 3.8) is 0 Å². The molecule has 3 heteroatoms. The summed E-state index contributed by atoms with van der Waals surface area (Å²) in [5.74, 6) is 0.985. The third kappa shape index (κ3) is 2.88. The molecule has 6 aromatic rings. The van der Waals surface area contributed by atoms with Gasteiger partial charge >= 0.3 is 0 Å². The number of imidazole rings is 1. The number of fused-ring (bicyclic) bond motifs is 6. The third-order valence-electron chi connectivity index (χ3n) is 6.07. The number of hydrogen-bond donors (Lipinski definition) is 0. The number of benzene rings is 5. The lowest BCUT2D eigenvalue weighted by molar-refractivity contribution is 0.962. The van der Waals surface area contributed by atoms with E-state index < -0.39 is 0 Å². The summed E-state index contributed by atoms with van der Waals surface area (Å²) < 4.78 is 3.32. The van der Waals surface area contributed by atoms with Gasteiger partial charge in [0.25, 0.3) is 0 Å². The summed E-state index contributed by atoms with van der Waals surface area (Å²) in [4.78, 5) is 5.13. The lowest BCUT2D eigenvalue weighted by Gasteiger charge is -2.08. The van der Waals surface area contributed by atoms with Crippen LogP contribution in [0.15, 0.2) is 102 Å². The molecule has 0 fully saturated rings. The van der Waals surface area contributed by atoms with E-state index in [-0.39, 0.29) is 0 Å². The van der Waals surface area contributed by atoms with Crippen molar-refractivity contribution in [2.45, 2.75) is 0 Å². The van der Waals surface area contributed by atoms with Crippen molar-refractivity contribution in [3.05, 3.63) is 102 Å². The van der Waals surface area contributed by atoms with Crippen LogP contribution in [-0.4, -0.2) is 9.55 Å². The molecule has 0 bridgehead atoms. The van der Waals surface area contributed by atoms with Crippen molar-refractivity contribution in [1.82, 2.24) is 9.55 Å². The van der Waals surface area contributed by atoms with Gasteiger partial charge in [0.1, 0.15) is 5.82 Å². The summed E-state index contributed by atoms with van der Waals surface area (Å²) in [6, 6.07) is 34.3. The predicted molar refractivity (Wildman–Crippen MR) is 134 cm³/mol. The molecule has 5 aromatic carbocycles. The summed E-state index contributed by atoms with van der Waals surface area (Å²) in [6.07, 6.45) is 0. The van der Waals surface area contributed by atoms with E-state index in [1.165, 1.54) is 38.2 Å². The fraction of sp³-hybridized carbons (Fsp3) is 0.0357. The van der Waals surface area contributed by atoms with Gasteiger partial charge in [0.15, 0.2) is 0 Å². The highest BCUT2D eigenvalue weighted by Crippen LogP contribution is 2.37. The maximum absolute atomic E-state index is 5.13. The fourth-order valence-corrected chi connectivity index (χ4v) is 4.82. The van der Waals surface area contributed by atoms with Crippen LogP contribution in [0.5, 0.6) is 0 Å². The van der Waals surface area contributed by atoms with Crippen LogP contribution >= 0.6 is 15.9 Å². The van der Waals surface area contributed by atoms with Crippen LogP contribution in [0.1, 0.15) is 0 Å². The lowest BCUT2D eigenvalue weighted by atomic mass is 10.00. The number of rotatable bonds is 2. The van der Waals surface area contributed by atoms with Crippen molar-refractivity contribution < 1.29 is 0 Å². The number of aryl methyl sites for hydroxylation is 1. The highest BCUT2D eigenvalue weighted by molar-refractivity contribution is 9.10. The van der Waals surface area contributed by atoms with Crippen molar-refractivity contribution >= 4 is 48.5 Å². The van der Waals surface area contributed by atoms with E-state index in [0.29, 0.717) is 0 Å². The zero-order chi connectivity index (χ0) is 20.9. The van der Waals surface area contributed by atoms with Crippen LogP contribution in [0.4, 0.5) is 0 Å². The van der Waals surface area contributed by atoms with Gasteiger partial charge in [0, 0.05) is 27.9 Å². The van der Waals surface area contributed by atoms with Crippen molar-refractivity contribution in [2.24, 2.45) is 7.05 Å². The minimum Gasteiger partial charge on any atom is -0.327 e. The van der Waals surface area contributed by atoms with Gasteiger partial charge in [-0.15, -0.1) is 0 Å². The van der Waals surface area contributed by atoms with Gasteiger partial charge in [-0.3, -0.25) is 0 Å². The summed E-state index contributed by atoms with van der Waals surface area (Å²) in [7, 11) is 2.12. The van der Waals surface area contributed by atoms with E-state index in [1.54, 1.807) is 0 Å². The van der Waals surface area contributed by atoms with Crippen LogP contribution in [0.2, 0.25) is 0 Å². The molecule has 0 aliphatic heterocycles. The summed E-state index contributed by atoms with van der Waals surface area (Å²) in [6.45, 7) is 0. The molecule has 1 aromatic heterocycles. The Morgan fingerprint density at radius 3 is 1.71 bits per heavy atom. The summed E-state index contributed by atoms with van der Waals surface area (Å²) in [5, 5.41) is 4.96. The maximum atomic E-state index is 5.13. The van der Waals surface area contributed by atoms with Crippen LogP contribution in [0, 0.1) is 0 Å². The number of hydrogen-bond acceptors (Lipinski definition) is 1. The largest absolute Gasteiger partial charge is 0.327 e. The van der Waals surface area contributed by atoms with E-state index in [2.05, 4.69) is 125 Å². The van der Waals surface area contributed by atoms with Gasteiger partial charge < -0.3 is 4.57 Å². The van der Waals surface area contributed by atoms with Crippen LogP contribution in [0.3, 0.4) is 0 Å². The Morgan fingerprint density at radius 1 is 0.581 bits per heavy atom. The Morgan fingerprint density at radius 2 is 1.06 bits per heavy atom. The van der Waals surface area contributed by atoms with Gasteiger partial charge in [-0.1, -0.05) is 101 Å². The monoisotopic (exact) mass is 462 g/mol. The molecule has 0 unspecified atom stereocenters. The van der Waals surface area contributed by atoms with Gasteiger partial charge in [-0.25, -0.2) is 4.98 Å². The van der Waals surface area contributed by atoms with Gasteiger partial charge in [-0.05, 0) is 34.0 Å². The molecular formula is C28H19BrN2. The molecule has 0 amide bonds. The van der Waals surface area contributed by atoms with Gasteiger partial charge in [0.2, 0.25) is 0 Å². The molecule has 0 spiro atoms. The van der Waals surface area contributed by atoms with E-state index in [4.69, 9.17) is 4.98 Å². The molecule has 31 heavy (non-hydrogen) atoms. The Hall–Kier alpha value is -3.43. The van der Waals surface area contributed by atoms with Crippen LogP contribution in [-0.2, 0) is 7.05 Å². The average molecular weight is 463 g/mol. The quantitative estimate of drug-likeness (QED) is 0.238. The Balaban J connectivity index is 1.57. The molecule has 0 saturated heterocycles. The minimum atomic E-state index is 0.985. The Labute approximate surface area is 188 Å². The van der Waals surface area contributed by atoms with Crippen molar-refractivity contribution in [1.29, 1.82) is 0 Å². The summed E-state index contributed by atoms with van der Waals surface area (Å²) >= 11 is 3.51. The molecule has 6 rings (SSSR count). The number of halogens is 1. The second-order valence-corrected chi connectivity index (χ2v) is 8.78. The molecule has 0 radical (unpaired) electrons. The molecule has 0 aliphatic rings. The van der Waals surface area contributed by atoms with E-state index in [0.717, 1.165) is 21.4 Å². The summed E-state index contributed by atoms with van der Waals surface area (Å²) in [5.41, 5.74) is 5.76. The molecule has 0 aliphatic carbocycles. The molecular weight excluding hydrogens is 444 g/mol. The lowest BCUT2D eigenvalue weighted by Crippen LogP contribution is -1.93. The van der Waals surface area contributed by atoms with Crippen molar-refractivity contribution in [3.8, 4) is 22.5 Å². The number of nitrogens with zero attached hydrogens (tertiary/aromatic N) is 2. The number of aromatic nitrogens is 2. The van der Waals surface area contributed by atoms with E-state index in [1.807, 2.05) is 0 Å². The van der Waals surface area contributed by atoms with Crippen LogP contribution < -0.4 is 0 Å². The predicted octanol–water partition coefficient (Wildman–Crippen LogP) is 7.98. The smallest absolute Gasteiger partial charge is 0.140 e. The van der Waals surface area contributed by atoms with Gasteiger partial charge in [-0.2, -0.15) is 0 Å². The second kappa shape index (κ2) is 7.07. The molecule has 0 saturated carbocycles. The minimum absolute atomic E-state index is 0.985. The molecule has 148 valence electrons. The topological polar surface area (TPSA) is 17.8 Å². The first kappa shape index (κ1) is 18.3. The first-order valence-corrected chi connectivity index (χ1v) is 11.1. The maximum Gasteiger partial charge on any atom is 0.140 e. The highest BCUT2D eigenvalue weighted by atomic mass is 79.9. The normalized spacial score (nSPS) is 11.5. The zero-order valence-electron chi connectivity index (χ0n) is 17.0. The molecule has 0 N–H and O–H groups in total. The molecule has 2 nitrogen and oxygen atoms in total. The highest BCUT2D eigenvalue weighted by Gasteiger charge is 2.16.